The predicted octanol–water partition coefficient (Wildman–Crippen LogP) is 3.89. The van der Waals surface area contributed by atoms with Crippen LogP contribution in [0.4, 0.5) is 0 Å². The summed E-state index contributed by atoms with van der Waals surface area (Å²) in [5.41, 5.74) is 0. The van der Waals surface area contributed by atoms with Crippen LogP contribution in [-0.4, -0.2) is 0 Å². The number of rotatable bonds is 9. The lowest BCUT2D eigenvalue weighted by Crippen LogP contribution is -2.02. The topological polar surface area (TPSA) is 46.2 Å². The minimum absolute atomic E-state index is 0.498. The van der Waals surface area contributed by atoms with Gasteiger partial charge < -0.3 is 9.78 Å². The number of allylic oxidation sites excluding steroid dienone is 2. The van der Waals surface area contributed by atoms with Crippen molar-refractivity contribution in [2.45, 2.75) is 33.1 Å². The molecule has 0 saturated heterocycles. The molecule has 5 heteroatoms. The van der Waals surface area contributed by atoms with E-state index in [2.05, 4.69) is 22.0 Å². The van der Waals surface area contributed by atoms with E-state index in [1.807, 2.05) is 13.0 Å². The van der Waals surface area contributed by atoms with Crippen LogP contribution in [-0.2, 0) is 20.0 Å². The monoisotopic (exact) mass is 254 g/mol. The highest BCUT2D eigenvalue weighted by molar-refractivity contribution is 5.19. The van der Waals surface area contributed by atoms with Crippen LogP contribution in [0.1, 0.15) is 33.1 Å². The molecule has 0 heterocycles. The minimum Gasteiger partial charge on any atom is -0.311 e. The van der Waals surface area contributed by atoms with E-state index < -0.39 is 0 Å². The van der Waals surface area contributed by atoms with Crippen molar-refractivity contribution in [2.75, 3.05) is 0 Å². The molecular weight excluding hydrogens is 236 g/mol. The highest BCUT2D eigenvalue weighted by atomic mass is 17.8. The Morgan fingerprint density at radius 3 is 2.56 bits per heavy atom. The summed E-state index contributed by atoms with van der Waals surface area (Å²) >= 11 is 0. The summed E-state index contributed by atoms with van der Waals surface area (Å²) in [6, 6.07) is 8.89. The second kappa shape index (κ2) is 9.47. The van der Waals surface area contributed by atoms with Crippen LogP contribution < -0.4 is 4.89 Å². The van der Waals surface area contributed by atoms with Gasteiger partial charge in [0.2, 0.25) is 0 Å². The first-order valence-electron chi connectivity index (χ1n) is 5.91. The summed E-state index contributed by atoms with van der Waals surface area (Å²) in [6.45, 7) is 3.96. The first kappa shape index (κ1) is 14.5. The molecule has 0 aliphatic heterocycles. The standard InChI is InChI=1S/C13H18O5/c1-3-5-9-12(4-2)14-16-18-17-15-13-10-7-6-8-11-13/h4,6-8,10-11H,3,5,9H2,1-2H3. The van der Waals surface area contributed by atoms with Crippen LogP contribution in [0.2, 0.25) is 0 Å². The molecule has 1 aromatic carbocycles. The SMILES string of the molecule is CC=C(CCCC)OOOOOc1ccccc1. The van der Waals surface area contributed by atoms with Gasteiger partial charge in [0.05, 0.1) is 0 Å². The van der Waals surface area contributed by atoms with Gasteiger partial charge in [-0.15, -0.1) is 0 Å². The molecule has 18 heavy (non-hydrogen) atoms. The average Bonchev–Trinajstić information content (AvgIpc) is 2.43. The summed E-state index contributed by atoms with van der Waals surface area (Å²) in [5.74, 6) is 1.18. The summed E-state index contributed by atoms with van der Waals surface area (Å²) in [7, 11) is 0. The highest BCUT2D eigenvalue weighted by Gasteiger charge is 2.00. The fraction of sp³-hybridized carbons (Fsp3) is 0.385. The average molecular weight is 254 g/mol. The van der Waals surface area contributed by atoms with Crippen molar-refractivity contribution in [3.05, 3.63) is 42.2 Å². The van der Waals surface area contributed by atoms with Gasteiger partial charge in [0.1, 0.15) is 5.76 Å². The summed E-state index contributed by atoms with van der Waals surface area (Å²) < 4.78 is 0. The van der Waals surface area contributed by atoms with Crippen molar-refractivity contribution in [1.82, 2.24) is 0 Å². The zero-order valence-electron chi connectivity index (χ0n) is 10.6. The predicted molar refractivity (Wildman–Crippen MR) is 64.7 cm³/mol. The van der Waals surface area contributed by atoms with Crippen molar-refractivity contribution >= 4 is 0 Å². The lowest BCUT2D eigenvalue weighted by atomic mass is 10.2. The highest BCUT2D eigenvalue weighted by Crippen LogP contribution is 2.11. The Balaban J connectivity index is 2.07. The van der Waals surface area contributed by atoms with Gasteiger partial charge in [0.15, 0.2) is 5.75 Å². The van der Waals surface area contributed by atoms with Crippen LogP contribution in [0.3, 0.4) is 0 Å². The Morgan fingerprint density at radius 1 is 1.11 bits per heavy atom. The lowest BCUT2D eigenvalue weighted by Gasteiger charge is -2.05. The van der Waals surface area contributed by atoms with Gasteiger partial charge in [-0.1, -0.05) is 31.5 Å². The van der Waals surface area contributed by atoms with E-state index in [-0.39, 0.29) is 0 Å². The molecule has 0 atom stereocenters. The maximum atomic E-state index is 4.87. The molecular formula is C13H18O5. The van der Waals surface area contributed by atoms with Gasteiger partial charge in [-0.05, 0) is 31.6 Å². The number of para-hydroxylation sites is 1. The molecule has 0 aliphatic rings. The van der Waals surface area contributed by atoms with E-state index in [4.69, 9.17) is 9.78 Å². The van der Waals surface area contributed by atoms with Gasteiger partial charge in [0.25, 0.3) is 0 Å². The maximum absolute atomic E-state index is 4.87. The van der Waals surface area contributed by atoms with E-state index in [1.54, 1.807) is 30.3 Å². The molecule has 1 aromatic rings. The Bertz CT molecular complexity index is 336. The molecule has 0 saturated carbocycles. The minimum atomic E-state index is 0.498. The number of hydrogen-bond donors (Lipinski definition) is 0. The van der Waals surface area contributed by atoms with Crippen molar-refractivity contribution in [1.29, 1.82) is 0 Å². The summed E-state index contributed by atoms with van der Waals surface area (Å²) in [4.78, 5) is 9.62. The molecule has 0 N–H and O–H groups in total. The second-order valence-electron chi connectivity index (χ2n) is 3.54. The molecule has 0 aliphatic carbocycles. The van der Waals surface area contributed by atoms with Crippen molar-refractivity contribution in [3.8, 4) is 5.75 Å². The largest absolute Gasteiger partial charge is 0.311 e. The maximum Gasteiger partial charge on any atom is 0.168 e. The van der Waals surface area contributed by atoms with Gasteiger partial charge in [0, 0.05) is 21.5 Å². The summed E-state index contributed by atoms with van der Waals surface area (Å²) in [6.07, 6.45) is 4.69. The van der Waals surface area contributed by atoms with Gasteiger partial charge in [-0.2, -0.15) is 0 Å². The van der Waals surface area contributed by atoms with E-state index in [1.165, 1.54) is 0 Å². The molecule has 1 rings (SSSR count). The third-order valence-corrected chi connectivity index (χ3v) is 2.17. The van der Waals surface area contributed by atoms with Gasteiger partial charge >= 0.3 is 0 Å². The van der Waals surface area contributed by atoms with Gasteiger partial charge in [-0.25, -0.2) is 0 Å². The van der Waals surface area contributed by atoms with Crippen molar-refractivity contribution < 1.29 is 24.9 Å². The van der Waals surface area contributed by atoms with Crippen LogP contribution in [0.15, 0.2) is 42.2 Å². The third-order valence-electron chi connectivity index (χ3n) is 2.17. The molecule has 0 unspecified atom stereocenters. The third kappa shape index (κ3) is 6.24. The van der Waals surface area contributed by atoms with Crippen LogP contribution in [0.5, 0.6) is 5.75 Å². The smallest absolute Gasteiger partial charge is 0.168 e. The Labute approximate surface area is 107 Å². The number of hydrogen-bond acceptors (Lipinski definition) is 5. The second-order valence-corrected chi connectivity index (χ2v) is 3.54. The Kier molecular flexibility index (Phi) is 7.63. The fourth-order valence-corrected chi connectivity index (χ4v) is 1.18. The lowest BCUT2D eigenvalue weighted by molar-refractivity contribution is -0.685. The molecule has 0 spiro atoms. The number of unbranched alkanes of at least 4 members (excludes halogenated alkanes) is 1. The molecule has 0 aromatic heterocycles. The van der Waals surface area contributed by atoms with Crippen LogP contribution in [0, 0.1) is 0 Å². The van der Waals surface area contributed by atoms with E-state index >= 15 is 0 Å². The van der Waals surface area contributed by atoms with E-state index in [0.717, 1.165) is 19.3 Å². The normalized spacial score (nSPS) is 11.3. The van der Waals surface area contributed by atoms with Crippen molar-refractivity contribution in [2.24, 2.45) is 0 Å². The quantitative estimate of drug-likeness (QED) is 0.289. The molecule has 0 radical (unpaired) electrons. The first-order valence-corrected chi connectivity index (χ1v) is 5.91. The summed E-state index contributed by atoms with van der Waals surface area (Å²) in [5, 5.41) is 13.0. The molecule has 0 fully saturated rings. The van der Waals surface area contributed by atoms with E-state index in [9.17, 15) is 0 Å². The molecule has 0 amide bonds. The Morgan fingerprint density at radius 2 is 1.89 bits per heavy atom. The first-order chi connectivity index (χ1) is 8.86. The zero-order valence-corrected chi connectivity index (χ0v) is 10.6. The Hall–Kier alpha value is -1.56. The van der Waals surface area contributed by atoms with E-state index in [0.29, 0.717) is 11.5 Å². The molecule has 5 nitrogen and oxygen atoms in total. The number of benzene rings is 1. The van der Waals surface area contributed by atoms with Crippen LogP contribution >= 0.6 is 0 Å². The van der Waals surface area contributed by atoms with Gasteiger partial charge in [-0.3, -0.25) is 0 Å². The fourth-order valence-electron chi connectivity index (χ4n) is 1.18. The molecule has 100 valence electrons. The molecule has 0 bridgehead atoms. The zero-order chi connectivity index (χ0) is 13.1. The van der Waals surface area contributed by atoms with Crippen molar-refractivity contribution in [3.63, 3.8) is 0 Å². The van der Waals surface area contributed by atoms with Crippen LogP contribution in [0.25, 0.3) is 0 Å².